The van der Waals surface area contributed by atoms with E-state index in [9.17, 15) is 14.4 Å². The van der Waals surface area contributed by atoms with E-state index in [0.717, 1.165) is 6.92 Å². The van der Waals surface area contributed by atoms with Crippen molar-refractivity contribution < 1.29 is 29.0 Å². The third kappa shape index (κ3) is 4.33. The van der Waals surface area contributed by atoms with E-state index < -0.39 is 24.5 Å². The van der Waals surface area contributed by atoms with Crippen molar-refractivity contribution in [2.45, 2.75) is 6.92 Å². The maximum absolute atomic E-state index is 10.9. The van der Waals surface area contributed by atoms with Gasteiger partial charge in [0.05, 0.1) is 5.56 Å². The Morgan fingerprint density at radius 2 is 1.76 bits per heavy atom. The average molecular weight is 238 g/mol. The molecule has 6 nitrogen and oxygen atoms in total. The van der Waals surface area contributed by atoms with E-state index in [1.54, 1.807) is 0 Å². The lowest BCUT2D eigenvalue weighted by Crippen LogP contribution is -2.17. The van der Waals surface area contributed by atoms with Crippen LogP contribution in [0, 0.1) is 0 Å². The Morgan fingerprint density at radius 1 is 1.18 bits per heavy atom. The van der Waals surface area contributed by atoms with E-state index >= 15 is 0 Å². The van der Waals surface area contributed by atoms with Crippen LogP contribution in [0.5, 0.6) is 5.75 Å². The minimum Gasteiger partial charge on any atom is -0.482 e. The van der Waals surface area contributed by atoms with Crippen LogP contribution in [0.15, 0.2) is 24.3 Å². The molecule has 0 amide bonds. The number of carboxylic acids is 1. The molecule has 0 aliphatic carbocycles. The fourth-order valence-corrected chi connectivity index (χ4v) is 1.03. The molecule has 0 spiro atoms. The number of benzene rings is 1. The standard InChI is InChI=1S/C11H10O6/c1-7(12)17-10(13)6-16-9-4-2-8(3-5-9)11(14)15/h2-5H,6H2,1H3,(H,14,15). The Hall–Kier alpha value is -2.37. The molecule has 0 unspecified atom stereocenters. The highest BCUT2D eigenvalue weighted by molar-refractivity contribution is 5.87. The Morgan fingerprint density at radius 3 is 2.24 bits per heavy atom. The van der Waals surface area contributed by atoms with E-state index in [2.05, 4.69) is 4.74 Å². The summed E-state index contributed by atoms with van der Waals surface area (Å²) < 4.78 is 9.22. The van der Waals surface area contributed by atoms with E-state index in [1.807, 2.05) is 0 Å². The second-order valence-electron chi connectivity index (χ2n) is 3.08. The largest absolute Gasteiger partial charge is 0.482 e. The second-order valence-corrected chi connectivity index (χ2v) is 3.08. The zero-order valence-electron chi connectivity index (χ0n) is 9.00. The van der Waals surface area contributed by atoms with Crippen molar-refractivity contribution in [1.29, 1.82) is 0 Å². The zero-order chi connectivity index (χ0) is 12.8. The van der Waals surface area contributed by atoms with Crippen molar-refractivity contribution in [1.82, 2.24) is 0 Å². The van der Waals surface area contributed by atoms with Gasteiger partial charge in [0.1, 0.15) is 5.75 Å². The Kier molecular flexibility index (Phi) is 4.21. The molecule has 0 aliphatic heterocycles. The third-order valence-corrected chi connectivity index (χ3v) is 1.72. The summed E-state index contributed by atoms with van der Waals surface area (Å²) in [4.78, 5) is 31.9. The number of hydrogen-bond donors (Lipinski definition) is 1. The summed E-state index contributed by atoms with van der Waals surface area (Å²) in [5, 5.41) is 8.64. The molecule has 0 aromatic heterocycles. The molecule has 0 saturated carbocycles. The number of ether oxygens (including phenoxy) is 2. The first-order valence-electron chi connectivity index (χ1n) is 4.66. The molecule has 0 radical (unpaired) electrons. The summed E-state index contributed by atoms with van der Waals surface area (Å²) in [5.41, 5.74) is 0.115. The van der Waals surface area contributed by atoms with E-state index in [0.29, 0.717) is 5.75 Å². The Bertz CT molecular complexity index is 434. The van der Waals surface area contributed by atoms with E-state index in [1.165, 1.54) is 24.3 Å². The van der Waals surface area contributed by atoms with Gasteiger partial charge in [-0.15, -0.1) is 0 Å². The first-order valence-corrected chi connectivity index (χ1v) is 4.66. The molecule has 17 heavy (non-hydrogen) atoms. The molecule has 1 N–H and O–H groups in total. The summed E-state index contributed by atoms with van der Waals surface area (Å²) in [6.07, 6.45) is 0. The van der Waals surface area contributed by atoms with Crippen LogP contribution >= 0.6 is 0 Å². The van der Waals surface area contributed by atoms with Gasteiger partial charge < -0.3 is 14.6 Å². The summed E-state index contributed by atoms with van der Waals surface area (Å²) in [7, 11) is 0. The van der Waals surface area contributed by atoms with Crippen LogP contribution in [0.3, 0.4) is 0 Å². The molecule has 0 bridgehead atoms. The van der Waals surface area contributed by atoms with Crippen molar-refractivity contribution in [3.63, 3.8) is 0 Å². The molecule has 1 aromatic rings. The minimum atomic E-state index is -1.05. The van der Waals surface area contributed by atoms with Gasteiger partial charge >= 0.3 is 17.9 Å². The van der Waals surface area contributed by atoms with E-state index in [4.69, 9.17) is 9.84 Å². The number of carbonyl (C=O) groups excluding carboxylic acids is 2. The molecule has 0 aliphatic rings. The highest BCUT2D eigenvalue weighted by Gasteiger charge is 2.07. The molecule has 0 saturated heterocycles. The van der Waals surface area contributed by atoms with Crippen LogP contribution < -0.4 is 4.74 Å². The SMILES string of the molecule is CC(=O)OC(=O)COc1ccc(C(=O)O)cc1. The van der Waals surface area contributed by atoms with Gasteiger partial charge in [-0.3, -0.25) is 4.79 Å². The zero-order valence-corrected chi connectivity index (χ0v) is 9.00. The molecule has 6 heteroatoms. The molecule has 0 atom stereocenters. The first-order chi connectivity index (χ1) is 7.99. The van der Waals surface area contributed by atoms with Gasteiger partial charge in [0, 0.05) is 6.92 Å². The van der Waals surface area contributed by atoms with Crippen molar-refractivity contribution in [3.05, 3.63) is 29.8 Å². The number of carbonyl (C=O) groups is 3. The topological polar surface area (TPSA) is 89.9 Å². The van der Waals surface area contributed by atoms with Crippen molar-refractivity contribution in [2.75, 3.05) is 6.61 Å². The Balaban J connectivity index is 2.50. The highest BCUT2D eigenvalue weighted by atomic mass is 16.6. The van der Waals surface area contributed by atoms with Crippen molar-refractivity contribution >= 4 is 17.9 Å². The van der Waals surface area contributed by atoms with Gasteiger partial charge in [0.15, 0.2) is 6.61 Å². The van der Waals surface area contributed by atoms with Gasteiger partial charge in [-0.05, 0) is 24.3 Å². The average Bonchev–Trinajstić information content (AvgIpc) is 2.26. The van der Waals surface area contributed by atoms with Crippen LogP contribution in [0.1, 0.15) is 17.3 Å². The predicted octanol–water partition coefficient (Wildman–Crippen LogP) is 0.853. The lowest BCUT2D eigenvalue weighted by molar-refractivity contribution is -0.159. The monoisotopic (exact) mass is 238 g/mol. The number of rotatable bonds is 4. The number of hydrogen-bond acceptors (Lipinski definition) is 5. The van der Waals surface area contributed by atoms with Crippen LogP contribution in [0.2, 0.25) is 0 Å². The van der Waals surface area contributed by atoms with Crippen LogP contribution in [0.4, 0.5) is 0 Å². The van der Waals surface area contributed by atoms with E-state index in [-0.39, 0.29) is 5.56 Å². The van der Waals surface area contributed by atoms with Gasteiger partial charge in [-0.1, -0.05) is 0 Å². The maximum Gasteiger partial charge on any atom is 0.351 e. The van der Waals surface area contributed by atoms with Crippen molar-refractivity contribution in [2.24, 2.45) is 0 Å². The third-order valence-electron chi connectivity index (χ3n) is 1.72. The van der Waals surface area contributed by atoms with Crippen LogP contribution in [-0.4, -0.2) is 29.6 Å². The smallest absolute Gasteiger partial charge is 0.351 e. The molecule has 0 heterocycles. The lowest BCUT2D eigenvalue weighted by atomic mass is 10.2. The van der Waals surface area contributed by atoms with Crippen LogP contribution in [0.25, 0.3) is 0 Å². The van der Waals surface area contributed by atoms with Gasteiger partial charge in [0.25, 0.3) is 0 Å². The van der Waals surface area contributed by atoms with Gasteiger partial charge in [-0.25, -0.2) is 9.59 Å². The minimum absolute atomic E-state index is 0.115. The summed E-state index contributed by atoms with van der Waals surface area (Å²) in [5.74, 6) is -2.25. The molecule has 0 fully saturated rings. The van der Waals surface area contributed by atoms with Gasteiger partial charge in [-0.2, -0.15) is 0 Å². The lowest BCUT2D eigenvalue weighted by Gasteiger charge is -2.04. The molecule has 1 aromatic carbocycles. The number of carboxylic acid groups (broad SMARTS) is 1. The number of aromatic carboxylic acids is 1. The summed E-state index contributed by atoms with van der Waals surface area (Å²) in [6.45, 7) is 0.700. The number of esters is 2. The second kappa shape index (κ2) is 5.64. The fourth-order valence-electron chi connectivity index (χ4n) is 1.03. The van der Waals surface area contributed by atoms with Crippen LogP contribution in [-0.2, 0) is 14.3 Å². The van der Waals surface area contributed by atoms with Gasteiger partial charge in [0.2, 0.25) is 0 Å². The molecular formula is C11H10O6. The normalized spacial score (nSPS) is 9.47. The quantitative estimate of drug-likeness (QED) is 0.617. The van der Waals surface area contributed by atoms with Crippen molar-refractivity contribution in [3.8, 4) is 5.75 Å². The molecular weight excluding hydrogens is 228 g/mol. The predicted molar refractivity (Wildman–Crippen MR) is 55.7 cm³/mol. The first kappa shape index (κ1) is 12.7. The molecule has 90 valence electrons. The highest BCUT2D eigenvalue weighted by Crippen LogP contribution is 2.12. The summed E-state index contributed by atoms with van der Waals surface area (Å²) in [6, 6.07) is 5.50. The maximum atomic E-state index is 10.9. The summed E-state index contributed by atoms with van der Waals surface area (Å²) >= 11 is 0. The molecule has 1 rings (SSSR count). The Labute approximate surface area is 96.8 Å². The fraction of sp³-hybridized carbons (Fsp3) is 0.182.